The van der Waals surface area contributed by atoms with Crippen LogP contribution in [-0.2, 0) is 34.7 Å². The Balaban J connectivity index is 0.00000169. The number of halogens is 3. The Labute approximate surface area is 236 Å². The van der Waals surface area contributed by atoms with E-state index in [2.05, 4.69) is 9.97 Å². The van der Waals surface area contributed by atoms with E-state index < -0.39 is 0 Å². The third-order valence-electron chi connectivity index (χ3n) is 6.40. The van der Waals surface area contributed by atoms with E-state index >= 15 is 0 Å². The molecule has 4 heterocycles. The number of aryl methyl sites for hydroxylation is 2. The number of aliphatic hydroxyl groups is 1. The predicted molar refractivity (Wildman–Crippen MR) is 146 cm³/mol. The van der Waals surface area contributed by atoms with Crippen LogP contribution in [0.15, 0.2) is 52.6 Å². The molecule has 0 aliphatic carbocycles. The second-order valence-electron chi connectivity index (χ2n) is 8.67. The Hall–Kier alpha value is -3.29. The number of nitrogens with zero attached hydrogens (tertiary/aromatic N) is 9. The summed E-state index contributed by atoms with van der Waals surface area (Å²) in [5, 5.41) is 10.3. The summed E-state index contributed by atoms with van der Waals surface area (Å²) in [5.74, 6) is 0.605. The molecule has 0 aliphatic heterocycles. The summed E-state index contributed by atoms with van der Waals surface area (Å²) in [7, 11) is 6.73. The summed E-state index contributed by atoms with van der Waals surface area (Å²) >= 11 is 0. The minimum Gasteiger partial charge on any atom is -1.00 e. The molecule has 38 heavy (non-hydrogen) atoms. The van der Waals surface area contributed by atoms with E-state index in [1.165, 1.54) is 21.8 Å². The van der Waals surface area contributed by atoms with Gasteiger partial charge in [-0.25, -0.2) is 19.1 Å². The highest BCUT2D eigenvalue weighted by Crippen LogP contribution is 2.34. The first-order valence-corrected chi connectivity index (χ1v) is 11.1. The smallest absolute Gasteiger partial charge is 0.322 e. The SMILES string of the molecule is Cl.Cl.Cn1c([N+](CCO)(Cc2ccccc2)c2nc3ncn(C)c3c(=O)n2C)nc2ncn(C)c2c1=O.[Cl-]. The summed E-state index contributed by atoms with van der Waals surface area (Å²) in [6.07, 6.45) is 3.07. The topological polar surface area (TPSA) is 126 Å². The van der Waals surface area contributed by atoms with Gasteiger partial charge < -0.3 is 26.6 Å². The Bertz CT molecular complexity index is 1590. The monoisotopic (exact) mass is 583 g/mol. The minimum absolute atomic E-state index is 0. The third-order valence-corrected chi connectivity index (χ3v) is 6.40. The molecule has 0 atom stereocenters. The molecule has 0 radical (unpaired) electrons. The van der Waals surface area contributed by atoms with Crippen molar-refractivity contribution in [3.8, 4) is 0 Å². The van der Waals surface area contributed by atoms with Crippen molar-refractivity contribution in [1.82, 2.24) is 42.7 Å². The molecule has 0 saturated carbocycles. The minimum atomic E-state index is -0.289. The molecular weight excluding hydrogens is 557 g/mol. The van der Waals surface area contributed by atoms with E-state index in [1.54, 1.807) is 37.3 Å². The van der Waals surface area contributed by atoms with Gasteiger partial charge in [0.05, 0.1) is 19.3 Å². The van der Waals surface area contributed by atoms with Crippen LogP contribution in [0, 0.1) is 0 Å². The van der Waals surface area contributed by atoms with Crippen LogP contribution < -0.4 is 28.0 Å². The van der Waals surface area contributed by atoms with Crippen molar-refractivity contribution in [3.05, 3.63) is 69.3 Å². The molecule has 0 saturated heterocycles. The number of benzene rings is 1. The summed E-state index contributed by atoms with van der Waals surface area (Å²) in [4.78, 5) is 45.0. The van der Waals surface area contributed by atoms with Gasteiger partial charge in [-0.15, -0.1) is 24.8 Å². The molecule has 0 amide bonds. The Morgan fingerprint density at radius 2 is 1.24 bits per heavy atom. The molecule has 0 unspecified atom stereocenters. The van der Waals surface area contributed by atoms with Crippen LogP contribution in [0.5, 0.6) is 0 Å². The van der Waals surface area contributed by atoms with E-state index in [4.69, 9.17) is 9.97 Å². The maximum absolute atomic E-state index is 13.4. The molecule has 5 rings (SSSR count). The lowest BCUT2D eigenvalue weighted by atomic mass is 10.2. The quantitative estimate of drug-likeness (QED) is 0.237. The van der Waals surface area contributed by atoms with Crippen molar-refractivity contribution in [2.45, 2.75) is 6.54 Å². The maximum atomic E-state index is 13.4. The first-order valence-electron chi connectivity index (χ1n) is 11.1. The molecule has 0 bridgehead atoms. The molecule has 1 aromatic carbocycles. The zero-order valence-corrected chi connectivity index (χ0v) is 23.5. The second-order valence-corrected chi connectivity index (χ2v) is 8.67. The van der Waals surface area contributed by atoms with Gasteiger partial charge in [0.1, 0.15) is 13.1 Å². The zero-order valence-electron chi connectivity index (χ0n) is 21.1. The molecule has 0 fully saturated rings. The molecule has 204 valence electrons. The van der Waals surface area contributed by atoms with Crippen LogP contribution in [-0.4, -0.2) is 56.5 Å². The highest BCUT2D eigenvalue weighted by molar-refractivity contribution is 5.85. The van der Waals surface area contributed by atoms with E-state index in [1.807, 2.05) is 30.3 Å². The highest BCUT2D eigenvalue weighted by Gasteiger charge is 2.43. The Morgan fingerprint density at radius 3 is 1.66 bits per heavy atom. The maximum Gasteiger partial charge on any atom is 0.322 e. The van der Waals surface area contributed by atoms with Gasteiger partial charge in [-0.3, -0.25) is 9.59 Å². The Kier molecular flexibility index (Phi) is 9.46. The summed E-state index contributed by atoms with van der Waals surface area (Å²) in [6.45, 7) is 0.129. The van der Waals surface area contributed by atoms with Crippen molar-refractivity contribution < 1.29 is 17.5 Å². The van der Waals surface area contributed by atoms with Gasteiger partial charge in [0, 0.05) is 33.8 Å². The van der Waals surface area contributed by atoms with Gasteiger partial charge in [0.2, 0.25) is 0 Å². The van der Waals surface area contributed by atoms with Crippen LogP contribution >= 0.6 is 24.8 Å². The number of hydrogen-bond acceptors (Lipinski definition) is 7. The van der Waals surface area contributed by atoms with Gasteiger partial charge in [0.15, 0.2) is 22.3 Å². The molecular formula is C23H28Cl3N9O3. The fourth-order valence-corrected chi connectivity index (χ4v) is 4.67. The van der Waals surface area contributed by atoms with E-state index in [9.17, 15) is 14.7 Å². The number of hydrogen-bond donors (Lipinski definition) is 1. The molecule has 0 spiro atoms. The van der Waals surface area contributed by atoms with Gasteiger partial charge >= 0.3 is 11.9 Å². The molecule has 12 nitrogen and oxygen atoms in total. The summed E-state index contributed by atoms with van der Waals surface area (Å²) in [5.41, 5.74) is 1.61. The van der Waals surface area contributed by atoms with E-state index in [0.717, 1.165) is 5.56 Å². The first-order chi connectivity index (χ1) is 16.8. The molecule has 4 aromatic heterocycles. The number of aliphatic hydroxyl groups excluding tert-OH is 1. The largest absolute Gasteiger partial charge is 1.00 e. The fraction of sp³-hybridized carbons (Fsp3) is 0.304. The van der Waals surface area contributed by atoms with Gasteiger partial charge in [-0.05, 0) is 0 Å². The van der Waals surface area contributed by atoms with Crippen molar-refractivity contribution in [3.63, 3.8) is 0 Å². The average molecular weight is 585 g/mol. The summed E-state index contributed by atoms with van der Waals surface area (Å²) in [6, 6.07) is 9.61. The fourth-order valence-electron chi connectivity index (χ4n) is 4.67. The molecule has 0 aliphatic rings. The van der Waals surface area contributed by atoms with Gasteiger partial charge in [-0.2, -0.15) is 14.5 Å². The van der Waals surface area contributed by atoms with E-state index in [-0.39, 0.29) is 83.8 Å². The Morgan fingerprint density at radius 1 is 0.789 bits per heavy atom. The van der Waals surface area contributed by atoms with Crippen LogP contribution in [0.4, 0.5) is 11.9 Å². The van der Waals surface area contributed by atoms with Crippen LogP contribution in [0.1, 0.15) is 5.56 Å². The molecule has 1 N–H and O–H groups in total. The zero-order chi connectivity index (χ0) is 24.9. The van der Waals surface area contributed by atoms with Crippen molar-refractivity contribution >= 4 is 59.0 Å². The predicted octanol–water partition coefficient (Wildman–Crippen LogP) is -1.67. The number of fused-ring (bicyclic) bond motifs is 2. The standard InChI is InChI=1S/C23H26N9O3.3ClH/c1-28-13-24-18-16(28)20(34)30(3)22(26-18)32(10-11-33,12-15-8-6-5-7-9-15)23-27-19-17(21(35)31(23)4)29(2)14-25-19;;;/h5-9,13-14,33H,10-12H2,1-4H3;3*1H/q+1;;;/p-1. The average Bonchev–Trinajstić information content (AvgIpc) is 3.41. The number of quaternary nitrogens is 1. The summed E-state index contributed by atoms with van der Waals surface area (Å²) < 4.78 is 5.94. The van der Waals surface area contributed by atoms with Crippen molar-refractivity contribution in [1.29, 1.82) is 0 Å². The van der Waals surface area contributed by atoms with E-state index in [0.29, 0.717) is 22.9 Å². The van der Waals surface area contributed by atoms with Gasteiger partial charge in [0.25, 0.3) is 11.1 Å². The number of aromatic nitrogens is 8. The lowest BCUT2D eigenvalue weighted by molar-refractivity contribution is -0.00000919. The number of rotatable bonds is 6. The first kappa shape index (κ1) is 30.9. The second kappa shape index (κ2) is 11.6. The van der Waals surface area contributed by atoms with Crippen LogP contribution in [0.3, 0.4) is 0 Å². The highest BCUT2D eigenvalue weighted by atomic mass is 35.5. The van der Waals surface area contributed by atoms with Crippen molar-refractivity contribution in [2.75, 3.05) is 13.2 Å². The molecule has 5 aromatic rings. The third kappa shape index (κ3) is 4.69. The van der Waals surface area contributed by atoms with Gasteiger partial charge in [-0.1, -0.05) is 30.3 Å². The van der Waals surface area contributed by atoms with Crippen LogP contribution in [0.25, 0.3) is 22.3 Å². The lowest BCUT2D eigenvalue weighted by Gasteiger charge is -2.35. The number of imidazole rings is 2. The lowest BCUT2D eigenvalue weighted by Crippen LogP contribution is -3.00. The van der Waals surface area contributed by atoms with Crippen molar-refractivity contribution in [2.24, 2.45) is 28.2 Å². The molecule has 15 heteroatoms. The normalized spacial score (nSPS) is 11.2. The van der Waals surface area contributed by atoms with Crippen LogP contribution in [0.2, 0.25) is 0 Å².